The number of ether oxygens (including phenoxy) is 1. The van der Waals surface area contributed by atoms with E-state index in [1.165, 1.54) is 17.7 Å². The number of para-hydroxylation sites is 1. The summed E-state index contributed by atoms with van der Waals surface area (Å²) in [6, 6.07) is 12.6. The Morgan fingerprint density at radius 3 is 2.47 bits per heavy atom. The van der Waals surface area contributed by atoms with E-state index in [0.717, 1.165) is 70.2 Å². The van der Waals surface area contributed by atoms with Crippen LogP contribution in [0.3, 0.4) is 0 Å². The molecule has 0 unspecified atom stereocenters. The molecule has 1 N–H and O–H groups in total. The van der Waals surface area contributed by atoms with Gasteiger partial charge < -0.3 is 14.6 Å². The summed E-state index contributed by atoms with van der Waals surface area (Å²) in [5.74, 6) is 2.06. The average Bonchev–Trinajstić information content (AvgIpc) is 2.78. The molecule has 0 aliphatic carbocycles. The lowest BCUT2D eigenvalue weighted by Crippen LogP contribution is -2.47. The van der Waals surface area contributed by atoms with Crippen LogP contribution in [0.4, 0.5) is 0 Å². The molecular weight excluding hydrogens is 376 g/mol. The van der Waals surface area contributed by atoms with Crippen molar-refractivity contribution in [1.82, 2.24) is 19.7 Å². The van der Waals surface area contributed by atoms with Crippen LogP contribution in [0.5, 0.6) is 5.75 Å². The molecule has 160 valence electrons. The molecule has 0 radical (unpaired) electrons. The molecule has 2 bridgehead atoms. The molecule has 30 heavy (non-hydrogen) atoms. The molecule has 0 amide bonds. The average molecular weight is 409 g/mol. The summed E-state index contributed by atoms with van der Waals surface area (Å²) in [4.78, 5) is 18.1. The predicted molar refractivity (Wildman–Crippen MR) is 118 cm³/mol. The summed E-state index contributed by atoms with van der Waals surface area (Å²) in [5, 5.41) is 3.52. The zero-order chi connectivity index (χ0) is 20.5. The Morgan fingerprint density at radius 1 is 0.967 bits per heavy atom. The number of benzene rings is 1. The van der Waals surface area contributed by atoms with Crippen LogP contribution in [0.1, 0.15) is 29.2 Å². The molecule has 2 atom stereocenters. The van der Waals surface area contributed by atoms with E-state index in [-0.39, 0.29) is 5.56 Å². The summed E-state index contributed by atoms with van der Waals surface area (Å²) < 4.78 is 7.57. The van der Waals surface area contributed by atoms with Gasteiger partial charge in [0.05, 0.1) is 7.11 Å². The maximum Gasteiger partial charge on any atom is 0.255 e. The maximum atomic E-state index is 13.2. The second-order valence-corrected chi connectivity index (χ2v) is 9.02. The first kappa shape index (κ1) is 19.8. The highest BCUT2D eigenvalue weighted by molar-refractivity contribution is 5.33. The Bertz CT molecular complexity index is 948. The Kier molecular flexibility index (Phi) is 5.63. The van der Waals surface area contributed by atoms with Crippen molar-refractivity contribution in [1.29, 1.82) is 0 Å². The van der Waals surface area contributed by atoms with Crippen LogP contribution in [0, 0.1) is 5.92 Å². The normalized spacial score (nSPS) is 24.4. The van der Waals surface area contributed by atoms with E-state index in [9.17, 15) is 4.79 Å². The van der Waals surface area contributed by atoms with Gasteiger partial charge in [0.25, 0.3) is 5.56 Å². The first-order chi connectivity index (χ1) is 14.7. The summed E-state index contributed by atoms with van der Waals surface area (Å²) in [6.45, 7) is 8.60. The minimum Gasteiger partial charge on any atom is -0.496 e. The summed E-state index contributed by atoms with van der Waals surface area (Å²) >= 11 is 0. The van der Waals surface area contributed by atoms with Crippen molar-refractivity contribution in [2.75, 3.05) is 46.4 Å². The largest absolute Gasteiger partial charge is 0.496 e. The van der Waals surface area contributed by atoms with Crippen LogP contribution in [0.15, 0.2) is 41.2 Å². The zero-order valence-corrected chi connectivity index (χ0v) is 17.8. The topological polar surface area (TPSA) is 49.7 Å². The zero-order valence-electron chi connectivity index (χ0n) is 17.8. The Morgan fingerprint density at radius 2 is 1.70 bits per heavy atom. The first-order valence-corrected chi connectivity index (χ1v) is 11.2. The van der Waals surface area contributed by atoms with Gasteiger partial charge in [0.15, 0.2) is 0 Å². The standard InChI is InChI=1S/C24H32N4O2/c1-30-23-5-3-2-4-19(23)16-26-8-10-27(11-9-26)17-20-6-7-22-21-12-18(13-25-14-21)15-28(22)24(20)29/h2-7,18,21,25H,8-17H2,1H3/t18-,21+/m0/s1. The molecule has 2 aromatic rings. The molecule has 2 saturated heterocycles. The number of nitrogens with zero attached hydrogens (tertiary/aromatic N) is 3. The molecule has 4 heterocycles. The van der Waals surface area contributed by atoms with Crippen molar-refractivity contribution in [3.63, 3.8) is 0 Å². The van der Waals surface area contributed by atoms with Gasteiger partial charge in [-0.1, -0.05) is 24.3 Å². The third-order valence-corrected chi connectivity index (χ3v) is 7.03. The van der Waals surface area contributed by atoms with Crippen molar-refractivity contribution in [2.45, 2.75) is 32.0 Å². The molecule has 5 rings (SSSR count). The van der Waals surface area contributed by atoms with Crippen LogP contribution in [-0.2, 0) is 19.6 Å². The van der Waals surface area contributed by atoms with Crippen LogP contribution in [0.25, 0.3) is 0 Å². The number of piperidine rings is 1. The SMILES string of the molecule is COc1ccccc1CN1CCN(Cc2ccc3n(c2=O)C[C@@H]2CNC[C@H]3C2)CC1. The van der Waals surface area contributed by atoms with E-state index in [4.69, 9.17) is 4.74 Å². The van der Waals surface area contributed by atoms with Crippen molar-refractivity contribution in [3.05, 3.63) is 63.6 Å². The Balaban J connectivity index is 1.22. The van der Waals surface area contributed by atoms with Gasteiger partial charge in [-0.3, -0.25) is 14.6 Å². The summed E-state index contributed by atoms with van der Waals surface area (Å²) in [7, 11) is 1.73. The highest BCUT2D eigenvalue weighted by Gasteiger charge is 2.31. The highest BCUT2D eigenvalue weighted by atomic mass is 16.5. The van der Waals surface area contributed by atoms with E-state index in [2.05, 4.69) is 43.9 Å². The van der Waals surface area contributed by atoms with Crippen LogP contribution in [0.2, 0.25) is 0 Å². The fraction of sp³-hybridized carbons (Fsp3) is 0.542. The molecule has 1 aromatic heterocycles. The minimum absolute atomic E-state index is 0.237. The van der Waals surface area contributed by atoms with Crippen molar-refractivity contribution in [2.24, 2.45) is 5.92 Å². The van der Waals surface area contributed by atoms with Gasteiger partial charge in [-0.25, -0.2) is 0 Å². The van der Waals surface area contributed by atoms with Crippen molar-refractivity contribution < 1.29 is 4.74 Å². The minimum atomic E-state index is 0.237. The molecule has 2 fully saturated rings. The number of nitrogens with one attached hydrogen (secondary N) is 1. The van der Waals surface area contributed by atoms with Gasteiger partial charge in [-0.05, 0) is 31.0 Å². The molecule has 1 aromatic carbocycles. The van der Waals surface area contributed by atoms with Gasteiger partial charge in [0, 0.05) is 75.1 Å². The monoisotopic (exact) mass is 408 g/mol. The van der Waals surface area contributed by atoms with E-state index in [1.54, 1.807) is 7.11 Å². The summed E-state index contributed by atoms with van der Waals surface area (Å²) in [5.41, 5.74) is 3.65. The fourth-order valence-corrected chi connectivity index (χ4v) is 5.38. The van der Waals surface area contributed by atoms with Gasteiger partial charge in [-0.15, -0.1) is 0 Å². The van der Waals surface area contributed by atoms with Gasteiger partial charge in [0.1, 0.15) is 5.75 Å². The Labute approximate surface area is 178 Å². The third-order valence-electron chi connectivity index (χ3n) is 7.03. The smallest absolute Gasteiger partial charge is 0.255 e. The first-order valence-electron chi connectivity index (χ1n) is 11.2. The highest BCUT2D eigenvalue weighted by Crippen LogP contribution is 2.31. The lowest BCUT2D eigenvalue weighted by molar-refractivity contribution is 0.120. The molecule has 0 saturated carbocycles. The van der Waals surface area contributed by atoms with Crippen LogP contribution in [-0.4, -0.2) is 60.7 Å². The number of hydrogen-bond acceptors (Lipinski definition) is 5. The van der Waals surface area contributed by atoms with Crippen LogP contribution >= 0.6 is 0 Å². The summed E-state index contributed by atoms with van der Waals surface area (Å²) in [6.07, 6.45) is 1.22. The van der Waals surface area contributed by atoms with E-state index in [0.29, 0.717) is 11.8 Å². The van der Waals surface area contributed by atoms with E-state index in [1.807, 2.05) is 12.1 Å². The lowest BCUT2D eigenvalue weighted by atomic mass is 9.84. The van der Waals surface area contributed by atoms with Gasteiger partial charge >= 0.3 is 0 Å². The molecule has 0 spiro atoms. The van der Waals surface area contributed by atoms with E-state index < -0.39 is 0 Å². The second kappa shape index (κ2) is 8.53. The van der Waals surface area contributed by atoms with Crippen molar-refractivity contribution in [3.8, 4) is 5.75 Å². The predicted octanol–water partition coefficient (Wildman–Crippen LogP) is 1.88. The fourth-order valence-electron chi connectivity index (χ4n) is 5.38. The Hall–Kier alpha value is -2.15. The number of piperazine rings is 1. The van der Waals surface area contributed by atoms with Crippen molar-refractivity contribution >= 4 is 0 Å². The number of aromatic nitrogens is 1. The number of pyridine rings is 1. The molecular formula is C24H32N4O2. The van der Waals surface area contributed by atoms with Crippen LogP contribution < -0.4 is 15.6 Å². The molecule has 3 aliphatic heterocycles. The number of rotatable bonds is 5. The number of hydrogen-bond donors (Lipinski definition) is 1. The molecule has 6 heteroatoms. The quantitative estimate of drug-likeness (QED) is 0.819. The number of fused-ring (bicyclic) bond motifs is 4. The molecule has 6 nitrogen and oxygen atoms in total. The third kappa shape index (κ3) is 3.92. The second-order valence-electron chi connectivity index (χ2n) is 9.02. The van der Waals surface area contributed by atoms with Gasteiger partial charge in [0.2, 0.25) is 0 Å². The van der Waals surface area contributed by atoms with Gasteiger partial charge in [-0.2, -0.15) is 0 Å². The number of methoxy groups -OCH3 is 1. The maximum absolute atomic E-state index is 13.2. The van der Waals surface area contributed by atoms with E-state index >= 15 is 0 Å². The molecule has 3 aliphatic rings. The lowest BCUT2D eigenvalue weighted by Gasteiger charge is -2.38.